The molecule has 0 unspecified atom stereocenters. The van der Waals surface area contributed by atoms with Gasteiger partial charge in [-0.25, -0.2) is 0 Å². The summed E-state index contributed by atoms with van der Waals surface area (Å²) in [6.45, 7) is 0.600. The van der Waals surface area contributed by atoms with Gasteiger partial charge in [0.25, 0.3) is 0 Å². The second kappa shape index (κ2) is 5.14. The zero-order valence-electron chi connectivity index (χ0n) is 8.69. The molecule has 0 bridgehead atoms. The minimum absolute atomic E-state index is 0.124. The van der Waals surface area contributed by atoms with Crippen molar-refractivity contribution in [1.82, 2.24) is 4.98 Å². The maximum atomic E-state index is 8.68. The molecule has 0 aliphatic carbocycles. The Morgan fingerprint density at radius 2 is 2.19 bits per heavy atom. The van der Waals surface area contributed by atoms with Gasteiger partial charge in [0, 0.05) is 24.6 Å². The molecule has 0 aliphatic rings. The third-order valence-electron chi connectivity index (χ3n) is 2.24. The molecule has 0 spiro atoms. The number of hydrogen-bond acceptors (Lipinski definition) is 3. The van der Waals surface area contributed by atoms with E-state index >= 15 is 0 Å². The molecule has 16 heavy (non-hydrogen) atoms. The van der Waals surface area contributed by atoms with Crippen molar-refractivity contribution >= 4 is 22.5 Å². The Hall–Kier alpha value is -1.32. The fourth-order valence-corrected chi connectivity index (χ4v) is 1.69. The Balaban J connectivity index is 2.35. The van der Waals surface area contributed by atoms with Gasteiger partial charge in [-0.1, -0.05) is 11.6 Å². The maximum Gasteiger partial charge on any atom is 0.145 e. The van der Waals surface area contributed by atoms with Gasteiger partial charge in [-0.3, -0.25) is 4.98 Å². The van der Waals surface area contributed by atoms with E-state index in [4.69, 9.17) is 21.4 Å². The van der Waals surface area contributed by atoms with Crippen molar-refractivity contribution < 1.29 is 9.84 Å². The summed E-state index contributed by atoms with van der Waals surface area (Å²) < 4.78 is 5.53. The number of rotatable bonds is 4. The third-order valence-corrected chi connectivity index (χ3v) is 2.57. The van der Waals surface area contributed by atoms with E-state index in [0.29, 0.717) is 23.8 Å². The van der Waals surface area contributed by atoms with Gasteiger partial charge in [0.05, 0.1) is 11.6 Å². The standard InChI is InChI=1S/C12H12ClNO2/c13-10-4-5-11(16-8-2-7-15)12-9(10)3-1-6-14-12/h1,3-6,15H,2,7-8H2. The largest absolute Gasteiger partial charge is 0.491 e. The van der Waals surface area contributed by atoms with Crippen LogP contribution in [0.1, 0.15) is 6.42 Å². The Morgan fingerprint density at radius 1 is 1.31 bits per heavy atom. The highest BCUT2D eigenvalue weighted by Gasteiger charge is 2.05. The lowest BCUT2D eigenvalue weighted by Gasteiger charge is -2.08. The molecule has 0 radical (unpaired) electrons. The van der Waals surface area contributed by atoms with Crippen molar-refractivity contribution in [2.45, 2.75) is 6.42 Å². The van der Waals surface area contributed by atoms with Crippen LogP contribution in [0.4, 0.5) is 0 Å². The Labute approximate surface area is 98.6 Å². The minimum atomic E-state index is 0.124. The number of pyridine rings is 1. The number of nitrogens with zero attached hydrogens (tertiary/aromatic N) is 1. The molecule has 1 aromatic heterocycles. The van der Waals surface area contributed by atoms with Crippen LogP contribution in [-0.4, -0.2) is 23.3 Å². The maximum absolute atomic E-state index is 8.68. The fourth-order valence-electron chi connectivity index (χ4n) is 1.48. The number of fused-ring (bicyclic) bond motifs is 1. The first-order valence-electron chi connectivity index (χ1n) is 5.10. The molecule has 0 amide bonds. The number of aromatic nitrogens is 1. The highest BCUT2D eigenvalue weighted by atomic mass is 35.5. The van der Waals surface area contributed by atoms with Crippen LogP contribution < -0.4 is 4.74 Å². The number of aliphatic hydroxyl groups excluding tert-OH is 1. The second-order valence-electron chi connectivity index (χ2n) is 3.37. The average Bonchev–Trinajstić information content (AvgIpc) is 2.33. The Bertz CT molecular complexity index is 487. The van der Waals surface area contributed by atoms with Crippen LogP contribution in [0, 0.1) is 0 Å². The molecule has 1 heterocycles. The van der Waals surface area contributed by atoms with Crippen molar-refractivity contribution in [2.24, 2.45) is 0 Å². The van der Waals surface area contributed by atoms with Gasteiger partial charge in [0.2, 0.25) is 0 Å². The highest BCUT2D eigenvalue weighted by Crippen LogP contribution is 2.29. The van der Waals surface area contributed by atoms with Crippen LogP contribution in [-0.2, 0) is 0 Å². The lowest BCUT2D eigenvalue weighted by molar-refractivity contribution is 0.234. The van der Waals surface area contributed by atoms with Crippen LogP contribution in [0.15, 0.2) is 30.5 Å². The van der Waals surface area contributed by atoms with Crippen molar-refractivity contribution in [3.05, 3.63) is 35.5 Å². The zero-order valence-corrected chi connectivity index (χ0v) is 9.44. The number of ether oxygens (including phenoxy) is 1. The van der Waals surface area contributed by atoms with Crippen molar-refractivity contribution in [3.63, 3.8) is 0 Å². The van der Waals surface area contributed by atoms with Gasteiger partial charge in [-0.15, -0.1) is 0 Å². The van der Waals surface area contributed by atoms with Crippen LogP contribution in [0.2, 0.25) is 5.02 Å². The Kier molecular flexibility index (Phi) is 3.59. The number of benzene rings is 1. The van der Waals surface area contributed by atoms with Gasteiger partial charge in [0.15, 0.2) is 0 Å². The van der Waals surface area contributed by atoms with Crippen LogP contribution >= 0.6 is 11.6 Å². The van der Waals surface area contributed by atoms with E-state index in [9.17, 15) is 0 Å². The van der Waals surface area contributed by atoms with E-state index in [-0.39, 0.29) is 6.61 Å². The molecule has 2 rings (SSSR count). The number of hydrogen-bond donors (Lipinski definition) is 1. The summed E-state index contributed by atoms with van der Waals surface area (Å²) in [6, 6.07) is 7.34. The molecule has 3 nitrogen and oxygen atoms in total. The molecule has 0 saturated carbocycles. The summed E-state index contributed by atoms with van der Waals surface area (Å²) in [5.74, 6) is 0.702. The summed E-state index contributed by atoms with van der Waals surface area (Å²) in [4.78, 5) is 4.25. The normalized spacial score (nSPS) is 10.6. The summed E-state index contributed by atoms with van der Waals surface area (Å²) in [7, 11) is 0. The lowest BCUT2D eigenvalue weighted by atomic mass is 10.2. The second-order valence-corrected chi connectivity index (χ2v) is 3.78. The van der Waals surface area contributed by atoms with Gasteiger partial charge >= 0.3 is 0 Å². The van der Waals surface area contributed by atoms with E-state index in [0.717, 1.165) is 10.9 Å². The SMILES string of the molecule is OCCCOc1ccc(Cl)c2cccnc12. The molecule has 0 saturated heterocycles. The van der Waals surface area contributed by atoms with E-state index in [1.807, 2.05) is 12.1 Å². The van der Waals surface area contributed by atoms with Gasteiger partial charge < -0.3 is 9.84 Å². The topological polar surface area (TPSA) is 42.4 Å². The number of halogens is 1. The molecule has 1 N–H and O–H groups in total. The first-order valence-corrected chi connectivity index (χ1v) is 5.47. The fraction of sp³-hybridized carbons (Fsp3) is 0.250. The zero-order chi connectivity index (χ0) is 11.4. The summed E-state index contributed by atoms with van der Waals surface area (Å²) in [5.41, 5.74) is 0.757. The van der Waals surface area contributed by atoms with Gasteiger partial charge in [-0.05, 0) is 24.3 Å². The first kappa shape index (κ1) is 11.2. The predicted octanol–water partition coefficient (Wildman–Crippen LogP) is 2.65. The average molecular weight is 238 g/mol. The smallest absolute Gasteiger partial charge is 0.145 e. The van der Waals surface area contributed by atoms with Crippen LogP contribution in [0.5, 0.6) is 5.75 Å². The molecule has 4 heteroatoms. The van der Waals surface area contributed by atoms with Crippen LogP contribution in [0.3, 0.4) is 0 Å². The van der Waals surface area contributed by atoms with E-state index < -0.39 is 0 Å². The van der Waals surface area contributed by atoms with Crippen molar-refractivity contribution in [1.29, 1.82) is 0 Å². The quantitative estimate of drug-likeness (QED) is 0.832. The predicted molar refractivity (Wildman–Crippen MR) is 64.0 cm³/mol. The van der Waals surface area contributed by atoms with Crippen LogP contribution in [0.25, 0.3) is 10.9 Å². The van der Waals surface area contributed by atoms with Gasteiger partial charge in [-0.2, -0.15) is 0 Å². The molecule has 2 aromatic rings. The molecular formula is C12H12ClNO2. The molecule has 0 atom stereocenters. The summed E-state index contributed by atoms with van der Waals surface area (Å²) in [5, 5.41) is 10.2. The third kappa shape index (κ3) is 2.26. The van der Waals surface area contributed by atoms with Gasteiger partial charge in [0.1, 0.15) is 11.3 Å². The first-order chi connectivity index (χ1) is 7.83. The molecule has 1 aromatic carbocycles. The van der Waals surface area contributed by atoms with Crippen molar-refractivity contribution in [3.8, 4) is 5.75 Å². The highest BCUT2D eigenvalue weighted by molar-refractivity contribution is 6.35. The minimum Gasteiger partial charge on any atom is -0.491 e. The summed E-state index contributed by atoms with van der Waals surface area (Å²) in [6.07, 6.45) is 2.31. The monoisotopic (exact) mass is 237 g/mol. The lowest BCUT2D eigenvalue weighted by Crippen LogP contribution is -2.00. The molecule has 0 fully saturated rings. The van der Waals surface area contributed by atoms with E-state index in [1.165, 1.54) is 0 Å². The van der Waals surface area contributed by atoms with E-state index in [1.54, 1.807) is 18.3 Å². The Morgan fingerprint density at radius 3 is 3.00 bits per heavy atom. The van der Waals surface area contributed by atoms with Crippen molar-refractivity contribution in [2.75, 3.05) is 13.2 Å². The number of aliphatic hydroxyl groups is 1. The molecule has 84 valence electrons. The molecule has 0 aliphatic heterocycles. The van der Waals surface area contributed by atoms with E-state index in [2.05, 4.69) is 4.98 Å². The molecular weight excluding hydrogens is 226 g/mol. The summed E-state index contributed by atoms with van der Waals surface area (Å²) >= 11 is 6.05.